The van der Waals surface area contributed by atoms with Crippen molar-refractivity contribution < 1.29 is 4.79 Å². The molecule has 0 N–H and O–H groups in total. The van der Waals surface area contributed by atoms with Gasteiger partial charge in [-0.25, -0.2) is 0 Å². The van der Waals surface area contributed by atoms with Gasteiger partial charge in [0.05, 0.1) is 0 Å². The van der Waals surface area contributed by atoms with Crippen molar-refractivity contribution in [1.29, 1.82) is 0 Å². The molecule has 2 aliphatic heterocycles. The van der Waals surface area contributed by atoms with E-state index in [1.807, 2.05) is 0 Å². The van der Waals surface area contributed by atoms with Crippen LogP contribution in [0.15, 0.2) is 0 Å². The van der Waals surface area contributed by atoms with E-state index in [0.717, 1.165) is 31.8 Å². The van der Waals surface area contributed by atoms with Gasteiger partial charge in [0, 0.05) is 32.1 Å². The Morgan fingerprint density at radius 3 is 2.57 bits per heavy atom. The molecule has 2 aliphatic carbocycles. The van der Waals surface area contributed by atoms with E-state index in [1.54, 1.807) is 0 Å². The maximum Gasteiger partial charge on any atom is 0.222 e. The Hall–Kier alpha value is -0.570. The fourth-order valence-electron chi connectivity index (χ4n) is 5.01. The highest BCUT2D eigenvalue weighted by atomic mass is 16.2. The van der Waals surface area contributed by atoms with E-state index in [1.165, 1.54) is 64.5 Å². The van der Waals surface area contributed by atoms with Crippen LogP contribution in [0.2, 0.25) is 0 Å². The van der Waals surface area contributed by atoms with Crippen LogP contribution in [-0.2, 0) is 4.79 Å². The van der Waals surface area contributed by atoms with E-state index in [2.05, 4.69) is 9.80 Å². The summed E-state index contributed by atoms with van der Waals surface area (Å²) in [5.41, 5.74) is 0.671. The second-order valence-corrected chi connectivity index (χ2v) is 8.19. The molecule has 0 aromatic rings. The molecule has 3 nitrogen and oxygen atoms in total. The van der Waals surface area contributed by atoms with Crippen LogP contribution in [0.4, 0.5) is 0 Å². The van der Waals surface area contributed by atoms with Crippen LogP contribution >= 0.6 is 0 Å². The van der Waals surface area contributed by atoms with Crippen molar-refractivity contribution in [3.8, 4) is 0 Å². The first-order valence-electron chi connectivity index (χ1n) is 9.26. The molecule has 2 heterocycles. The summed E-state index contributed by atoms with van der Waals surface area (Å²) in [6.45, 7) is 4.69. The predicted octanol–water partition coefficient (Wildman–Crippen LogP) is 3.04. The van der Waals surface area contributed by atoms with Crippen LogP contribution in [0.1, 0.15) is 64.2 Å². The van der Waals surface area contributed by atoms with E-state index in [0.29, 0.717) is 17.4 Å². The number of hydrogen-bond acceptors (Lipinski definition) is 2. The van der Waals surface area contributed by atoms with Crippen LogP contribution in [0.25, 0.3) is 0 Å². The van der Waals surface area contributed by atoms with Crippen molar-refractivity contribution in [2.45, 2.75) is 70.3 Å². The number of nitrogens with zero attached hydrogens (tertiary/aromatic N) is 2. The summed E-state index contributed by atoms with van der Waals surface area (Å²) in [7, 11) is 0. The smallest absolute Gasteiger partial charge is 0.222 e. The molecule has 118 valence electrons. The van der Waals surface area contributed by atoms with Gasteiger partial charge in [0.15, 0.2) is 0 Å². The lowest BCUT2D eigenvalue weighted by molar-refractivity contribution is -0.130. The lowest BCUT2D eigenvalue weighted by Gasteiger charge is -2.29. The Labute approximate surface area is 129 Å². The monoisotopic (exact) mass is 290 g/mol. The molecule has 4 fully saturated rings. The zero-order chi connectivity index (χ0) is 14.3. The quantitative estimate of drug-likeness (QED) is 0.797. The molecule has 3 heteroatoms. The summed E-state index contributed by atoms with van der Waals surface area (Å²) in [5, 5.41) is 0. The van der Waals surface area contributed by atoms with Crippen molar-refractivity contribution in [2.75, 3.05) is 26.2 Å². The second kappa shape index (κ2) is 5.57. The first-order valence-corrected chi connectivity index (χ1v) is 9.26. The first kappa shape index (κ1) is 14.0. The van der Waals surface area contributed by atoms with Gasteiger partial charge in [-0.2, -0.15) is 0 Å². The number of hydrogen-bond donors (Lipinski definition) is 0. The van der Waals surface area contributed by atoms with Crippen LogP contribution in [0.3, 0.4) is 0 Å². The third-order valence-electron chi connectivity index (χ3n) is 6.60. The second-order valence-electron chi connectivity index (χ2n) is 8.19. The number of amides is 1. The summed E-state index contributed by atoms with van der Waals surface area (Å²) in [4.78, 5) is 17.2. The highest BCUT2D eigenvalue weighted by Gasteiger charge is 2.42. The van der Waals surface area contributed by atoms with E-state index in [4.69, 9.17) is 0 Å². The fourth-order valence-corrected chi connectivity index (χ4v) is 5.01. The minimum atomic E-state index is 0.430. The van der Waals surface area contributed by atoms with Crippen molar-refractivity contribution >= 4 is 5.91 Å². The largest absolute Gasteiger partial charge is 0.342 e. The van der Waals surface area contributed by atoms with Gasteiger partial charge in [0.2, 0.25) is 5.91 Å². The Morgan fingerprint density at radius 2 is 1.81 bits per heavy atom. The van der Waals surface area contributed by atoms with Crippen LogP contribution < -0.4 is 0 Å². The van der Waals surface area contributed by atoms with E-state index in [9.17, 15) is 4.79 Å². The summed E-state index contributed by atoms with van der Waals surface area (Å²) in [5.74, 6) is 1.26. The van der Waals surface area contributed by atoms with Crippen LogP contribution in [0, 0.1) is 11.3 Å². The number of carbonyl (C=O) groups is 1. The average Bonchev–Trinajstić information content (AvgIpc) is 3.10. The normalized spacial score (nSPS) is 33.8. The van der Waals surface area contributed by atoms with Crippen molar-refractivity contribution in [3.63, 3.8) is 0 Å². The Kier molecular flexibility index (Phi) is 3.72. The highest BCUT2D eigenvalue weighted by Crippen LogP contribution is 2.46. The lowest BCUT2D eigenvalue weighted by Crippen LogP contribution is -2.36. The molecule has 2 saturated heterocycles. The highest BCUT2D eigenvalue weighted by molar-refractivity contribution is 5.76. The lowest BCUT2D eigenvalue weighted by atomic mass is 9.85. The third kappa shape index (κ3) is 2.99. The topological polar surface area (TPSA) is 23.6 Å². The first-order chi connectivity index (χ1) is 10.2. The van der Waals surface area contributed by atoms with Crippen molar-refractivity contribution in [2.24, 2.45) is 11.3 Å². The summed E-state index contributed by atoms with van der Waals surface area (Å²) >= 11 is 0. The number of rotatable bonds is 3. The van der Waals surface area contributed by atoms with Gasteiger partial charge < -0.3 is 4.90 Å². The van der Waals surface area contributed by atoms with Crippen molar-refractivity contribution in [1.82, 2.24) is 9.80 Å². The van der Waals surface area contributed by atoms with Crippen LogP contribution in [0.5, 0.6) is 0 Å². The molecule has 1 spiro atoms. The van der Waals surface area contributed by atoms with Gasteiger partial charge in [-0.1, -0.05) is 12.8 Å². The SMILES string of the molecule is O=C1CCC(N2CCC3(CCCC3)C2)CCN1CC1CC1. The molecule has 4 aliphatic rings. The maximum absolute atomic E-state index is 12.3. The zero-order valence-electron chi connectivity index (χ0n) is 13.4. The molecule has 1 atom stereocenters. The molecule has 0 radical (unpaired) electrons. The van der Waals surface area contributed by atoms with Gasteiger partial charge in [-0.3, -0.25) is 9.69 Å². The zero-order valence-corrected chi connectivity index (χ0v) is 13.4. The number of likely N-dealkylation sites (tertiary alicyclic amines) is 2. The van der Waals surface area contributed by atoms with Crippen molar-refractivity contribution in [3.05, 3.63) is 0 Å². The molecule has 0 bridgehead atoms. The Morgan fingerprint density at radius 1 is 1.00 bits per heavy atom. The van der Waals surface area contributed by atoms with Gasteiger partial charge in [-0.15, -0.1) is 0 Å². The van der Waals surface area contributed by atoms with Gasteiger partial charge >= 0.3 is 0 Å². The van der Waals surface area contributed by atoms with Gasteiger partial charge in [0.1, 0.15) is 0 Å². The molecule has 0 aromatic heterocycles. The van der Waals surface area contributed by atoms with Gasteiger partial charge in [-0.05, 0) is 62.8 Å². The minimum Gasteiger partial charge on any atom is -0.342 e. The average molecular weight is 290 g/mol. The molecule has 1 unspecified atom stereocenters. The van der Waals surface area contributed by atoms with Crippen LogP contribution in [-0.4, -0.2) is 47.9 Å². The summed E-state index contributed by atoms with van der Waals surface area (Å²) in [6.07, 6.45) is 13.1. The molecule has 0 aromatic carbocycles. The molecule has 2 saturated carbocycles. The van der Waals surface area contributed by atoms with E-state index >= 15 is 0 Å². The molecular weight excluding hydrogens is 260 g/mol. The molecule has 4 rings (SSSR count). The Bertz CT molecular complexity index is 398. The summed E-state index contributed by atoms with van der Waals surface area (Å²) in [6, 6.07) is 0.679. The standard InChI is InChI=1S/C18H30N2O/c21-17-6-5-16(7-11-19(17)13-15-3-4-15)20-12-10-18(14-20)8-1-2-9-18/h15-16H,1-14H2. The fraction of sp³-hybridized carbons (Fsp3) is 0.944. The predicted molar refractivity (Wildman–Crippen MR) is 84.0 cm³/mol. The van der Waals surface area contributed by atoms with Gasteiger partial charge in [0.25, 0.3) is 0 Å². The third-order valence-corrected chi connectivity index (χ3v) is 6.60. The molecule has 1 amide bonds. The van der Waals surface area contributed by atoms with E-state index in [-0.39, 0.29) is 0 Å². The number of carbonyl (C=O) groups excluding carboxylic acids is 1. The minimum absolute atomic E-state index is 0.430. The maximum atomic E-state index is 12.3. The summed E-state index contributed by atoms with van der Waals surface area (Å²) < 4.78 is 0. The Balaban J connectivity index is 1.34. The molecule has 21 heavy (non-hydrogen) atoms. The van der Waals surface area contributed by atoms with E-state index < -0.39 is 0 Å². The molecular formula is C18H30N2O.